The van der Waals surface area contributed by atoms with E-state index in [0.717, 1.165) is 0 Å². The molecule has 1 aromatic rings. The fourth-order valence-corrected chi connectivity index (χ4v) is 1.99. The lowest BCUT2D eigenvalue weighted by Gasteiger charge is -2.09. The van der Waals surface area contributed by atoms with E-state index in [1.807, 2.05) is 0 Å². The summed E-state index contributed by atoms with van der Waals surface area (Å²) in [5.41, 5.74) is 0.289. The van der Waals surface area contributed by atoms with Crippen LogP contribution in [0.1, 0.15) is 6.42 Å². The van der Waals surface area contributed by atoms with Crippen LogP contribution >= 0.6 is 11.6 Å². The standard InChI is InChI=1S/C12H10ClF2NO4/c13-8-3-5(1-2-9(8)20-12(14)15)16-10(17)6-4-7(6)11(18)19/h1-3,6-7,12H,4H2,(H,16,17)(H,18,19)/t6-,7+/m1/s1. The Hall–Kier alpha value is -1.89. The van der Waals surface area contributed by atoms with Gasteiger partial charge in [-0.05, 0) is 24.6 Å². The second-order valence-corrected chi connectivity index (χ2v) is 4.71. The highest BCUT2D eigenvalue weighted by Gasteiger charge is 2.48. The van der Waals surface area contributed by atoms with Crippen LogP contribution in [0.4, 0.5) is 14.5 Å². The maximum atomic E-state index is 12.0. The summed E-state index contributed by atoms with van der Waals surface area (Å²) >= 11 is 5.73. The van der Waals surface area contributed by atoms with Crippen molar-refractivity contribution in [3.05, 3.63) is 23.2 Å². The van der Waals surface area contributed by atoms with E-state index in [4.69, 9.17) is 16.7 Å². The number of aliphatic carboxylic acids is 1. The monoisotopic (exact) mass is 305 g/mol. The van der Waals surface area contributed by atoms with E-state index in [0.29, 0.717) is 6.42 Å². The van der Waals surface area contributed by atoms with Gasteiger partial charge in [0, 0.05) is 5.69 Å². The molecule has 1 aromatic carbocycles. The molecule has 0 heterocycles. The highest BCUT2D eigenvalue weighted by molar-refractivity contribution is 6.32. The Balaban J connectivity index is 1.99. The number of rotatable bonds is 5. The van der Waals surface area contributed by atoms with E-state index >= 15 is 0 Å². The predicted octanol–water partition coefficient (Wildman–Crippen LogP) is 2.60. The number of anilines is 1. The molecule has 8 heteroatoms. The molecule has 0 radical (unpaired) electrons. The maximum absolute atomic E-state index is 12.0. The van der Waals surface area contributed by atoms with Gasteiger partial charge in [0.1, 0.15) is 5.75 Å². The molecule has 1 aliphatic rings. The molecule has 2 N–H and O–H groups in total. The number of hydrogen-bond donors (Lipinski definition) is 2. The number of alkyl halides is 2. The van der Waals surface area contributed by atoms with Gasteiger partial charge in [-0.25, -0.2) is 0 Å². The van der Waals surface area contributed by atoms with Crippen molar-refractivity contribution in [3.8, 4) is 5.75 Å². The Bertz CT molecular complexity index is 552. The molecule has 0 aromatic heterocycles. The summed E-state index contributed by atoms with van der Waals surface area (Å²) in [5.74, 6) is -2.87. The molecule has 0 aliphatic heterocycles. The molecule has 0 unspecified atom stereocenters. The van der Waals surface area contributed by atoms with Crippen LogP contribution in [-0.4, -0.2) is 23.6 Å². The van der Waals surface area contributed by atoms with E-state index in [9.17, 15) is 18.4 Å². The van der Waals surface area contributed by atoms with Gasteiger partial charge in [-0.15, -0.1) is 0 Å². The third-order valence-corrected chi connectivity index (χ3v) is 3.16. The Kier molecular flexibility index (Phi) is 4.08. The number of hydrogen-bond acceptors (Lipinski definition) is 3. The molecule has 108 valence electrons. The lowest BCUT2D eigenvalue weighted by Crippen LogP contribution is -2.16. The van der Waals surface area contributed by atoms with E-state index < -0.39 is 30.3 Å². The van der Waals surface area contributed by atoms with Gasteiger partial charge in [-0.1, -0.05) is 11.6 Å². The molecule has 1 aliphatic carbocycles. The van der Waals surface area contributed by atoms with Crippen molar-refractivity contribution in [2.24, 2.45) is 11.8 Å². The molecule has 0 spiro atoms. The zero-order chi connectivity index (χ0) is 14.9. The molecule has 1 fully saturated rings. The van der Waals surface area contributed by atoms with Crippen LogP contribution in [0, 0.1) is 11.8 Å². The first kappa shape index (κ1) is 14.5. The van der Waals surface area contributed by atoms with Gasteiger partial charge >= 0.3 is 12.6 Å². The number of amides is 1. The summed E-state index contributed by atoms with van der Waals surface area (Å²) in [5, 5.41) is 11.1. The van der Waals surface area contributed by atoms with Crippen LogP contribution in [-0.2, 0) is 9.59 Å². The molecule has 5 nitrogen and oxygen atoms in total. The largest absolute Gasteiger partial charge is 0.481 e. The second kappa shape index (κ2) is 5.62. The normalized spacial score (nSPS) is 20.6. The predicted molar refractivity (Wildman–Crippen MR) is 65.9 cm³/mol. The fourth-order valence-electron chi connectivity index (χ4n) is 1.76. The van der Waals surface area contributed by atoms with Gasteiger partial charge in [0.25, 0.3) is 0 Å². The molecule has 2 rings (SSSR count). The number of benzene rings is 1. The minimum absolute atomic E-state index is 0.0753. The van der Waals surface area contributed by atoms with Gasteiger partial charge in [-0.2, -0.15) is 8.78 Å². The van der Waals surface area contributed by atoms with E-state index in [-0.39, 0.29) is 16.5 Å². The van der Waals surface area contributed by atoms with Crippen molar-refractivity contribution in [1.82, 2.24) is 0 Å². The Labute approximate surface area is 117 Å². The molecule has 1 saturated carbocycles. The molecule has 0 saturated heterocycles. The zero-order valence-corrected chi connectivity index (χ0v) is 10.7. The van der Waals surface area contributed by atoms with Crippen molar-refractivity contribution in [1.29, 1.82) is 0 Å². The number of carboxylic acids is 1. The van der Waals surface area contributed by atoms with Gasteiger partial charge in [0.2, 0.25) is 5.91 Å². The number of carbonyl (C=O) groups excluding carboxylic acids is 1. The molecule has 0 bridgehead atoms. The van der Waals surface area contributed by atoms with Crippen molar-refractivity contribution in [2.75, 3.05) is 5.32 Å². The number of halogens is 3. The fraction of sp³-hybridized carbons (Fsp3) is 0.333. The van der Waals surface area contributed by atoms with Crippen LogP contribution < -0.4 is 10.1 Å². The SMILES string of the molecule is O=C(O)[C@H]1C[C@H]1C(=O)Nc1ccc(OC(F)F)c(Cl)c1. The van der Waals surface area contributed by atoms with Gasteiger partial charge in [0.15, 0.2) is 0 Å². The van der Waals surface area contributed by atoms with Crippen molar-refractivity contribution >= 4 is 29.2 Å². The average molecular weight is 306 g/mol. The van der Waals surface area contributed by atoms with Crippen molar-refractivity contribution in [3.63, 3.8) is 0 Å². The zero-order valence-electron chi connectivity index (χ0n) is 9.98. The quantitative estimate of drug-likeness (QED) is 0.877. The molecule has 2 atom stereocenters. The van der Waals surface area contributed by atoms with Crippen LogP contribution in [0.2, 0.25) is 5.02 Å². The summed E-state index contributed by atoms with van der Waals surface area (Å²) in [6.45, 7) is -2.99. The van der Waals surface area contributed by atoms with Crippen molar-refractivity contribution in [2.45, 2.75) is 13.0 Å². The van der Waals surface area contributed by atoms with Crippen molar-refractivity contribution < 1.29 is 28.2 Å². The summed E-state index contributed by atoms with van der Waals surface area (Å²) < 4.78 is 28.2. The molecule has 1 amide bonds. The number of ether oxygens (including phenoxy) is 1. The Morgan fingerprint density at radius 2 is 2.10 bits per heavy atom. The summed E-state index contributed by atoms with van der Waals surface area (Å²) in [7, 11) is 0. The molecular formula is C12H10ClF2NO4. The minimum atomic E-state index is -2.99. The highest BCUT2D eigenvalue weighted by atomic mass is 35.5. The van der Waals surface area contributed by atoms with Gasteiger partial charge in [-0.3, -0.25) is 9.59 Å². The second-order valence-electron chi connectivity index (χ2n) is 4.30. The maximum Gasteiger partial charge on any atom is 0.387 e. The van der Waals surface area contributed by atoms with E-state index in [1.165, 1.54) is 18.2 Å². The molecular weight excluding hydrogens is 296 g/mol. The first-order valence-electron chi connectivity index (χ1n) is 5.66. The smallest absolute Gasteiger partial charge is 0.387 e. The Morgan fingerprint density at radius 1 is 1.40 bits per heavy atom. The molecule has 20 heavy (non-hydrogen) atoms. The number of carboxylic acid groups (broad SMARTS) is 1. The average Bonchev–Trinajstić information content (AvgIpc) is 3.12. The highest BCUT2D eigenvalue weighted by Crippen LogP contribution is 2.39. The van der Waals surface area contributed by atoms with Crippen LogP contribution in [0.5, 0.6) is 5.75 Å². The lowest BCUT2D eigenvalue weighted by atomic mass is 10.2. The first-order chi connectivity index (χ1) is 9.38. The summed E-state index contributed by atoms with van der Waals surface area (Å²) in [4.78, 5) is 22.3. The van der Waals surface area contributed by atoms with Crippen LogP contribution in [0.15, 0.2) is 18.2 Å². The minimum Gasteiger partial charge on any atom is -0.481 e. The third kappa shape index (κ3) is 3.36. The summed E-state index contributed by atoms with van der Waals surface area (Å²) in [6.07, 6.45) is 0.293. The third-order valence-electron chi connectivity index (χ3n) is 2.86. The van der Waals surface area contributed by atoms with E-state index in [1.54, 1.807) is 0 Å². The van der Waals surface area contributed by atoms with Gasteiger partial charge in [0.05, 0.1) is 16.9 Å². The van der Waals surface area contributed by atoms with Gasteiger partial charge < -0.3 is 15.2 Å². The topological polar surface area (TPSA) is 75.6 Å². The number of nitrogens with one attached hydrogen (secondary N) is 1. The summed E-state index contributed by atoms with van der Waals surface area (Å²) in [6, 6.07) is 3.81. The first-order valence-corrected chi connectivity index (χ1v) is 6.04. The van der Waals surface area contributed by atoms with Crippen LogP contribution in [0.25, 0.3) is 0 Å². The van der Waals surface area contributed by atoms with Crippen LogP contribution in [0.3, 0.4) is 0 Å². The number of carbonyl (C=O) groups is 2. The Morgan fingerprint density at radius 3 is 2.60 bits per heavy atom. The van der Waals surface area contributed by atoms with E-state index in [2.05, 4.69) is 10.1 Å². The lowest BCUT2D eigenvalue weighted by molar-refractivity contribution is -0.139.